The monoisotopic (exact) mass is 196 g/mol. The van der Waals surface area contributed by atoms with Crippen molar-refractivity contribution in [3.63, 3.8) is 0 Å². The van der Waals surface area contributed by atoms with Gasteiger partial charge in [0, 0.05) is 10.8 Å². The van der Waals surface area contributed by atoms with Crippen molar-refractivity contribution >= 4 is 19.7 Å². The Balaban J connectivity index is 4.81. The minimum absolute atomic E-state index is 0.605. The van der Waals surface area contributed by atoms with Gasteiger partial charge in [-0.2, -0.15) is 0 Å². The van der Waals surface area contributed by atoms with Crippen molar-refractivity contribution in [2.24, 2.45) is 0 Å². The Morgan fingerprint density at radius 1 is 0.909 bits per heavy atom. The molecule has 0 fully saturated rings. The van der Waals surface area contributed by atoms with Gasteiger partial charge in [-0.25, -0.2) is 16.8 Å². The van der Waals surface area contributed by atoms with Gasteiger partial charge in [-0.05, 0) is 0 Å². The second kappa shape index (κ2) is 3.19. The Hall–Kier alpha value is -0.620. The predicted octanol–water partition coefficient (Wildman–Crippen LogP) is 0.0605. The van der Waals surface area contributed by atoms with E-state index in [0.29, 0.717) is 10.8 Å². The van der Waals surface area contributed by atoms with E-state index in [4.69, 9.17) is 0 Å². The van der Waals surface area contributed by atoms with Crippen LogP contribution in [0.1, 0.15) is 0 Å². The highest BCUT2D eigenvalue weighted by Crippen LogP contribution is 1.99. The van der Waals surface area contributed by atoms with Gasteiger partial charge in [-0.3, -0.25) is 0 Å². The van der Waals surface area contributed by atoms with Gasteiger partial charge in [0.2, 0.25) is 0 Å². The zero-order valence-corrected chi connectivity index (χ0v) is 7.36. The fourth-order valence-corrected chi connectivity index (χ4v) is 2.93. The summed E-state index contributed by atoms with van der Waals surface area (Å²) in [6, 6.07) is 0. The Kier molecular flexibility index (Phi) is 3.01. The Morgan fingerprint density at radius 3 is 1.36 bits per heavy atom. The van der Waals surface area contributed by atoms with Crippen molar-refractivity contribution in [1.29, 1.82) is 0 Å². The molecule has 4 nitrogen and oxygen atoms in total. The van der Waals surface area contributed by atoms with Gasteiger partial charge < -0.3 is 0 Å². The summed E-state index contributed by atoms with van der Waals surface area (Å²) in [6.07, 6.45) is 0. The lowest BCUT2D eigenvalue weighted by molar-refractivity contribution is 0.598. The molecule has 0 radical (unpaired) electrons. The summed E-state index contributed by atoms with van der Waals surface area (Å²) in [5.74, 6) is 0. The Labute approximate surface area is 66.1 Å². The van der Waals surface area contributed by atoms with Crippen LogP contribution < -0.4 is 0 Å². The van der Waals surface area contributed by atoms with Crippen molar-refractivity contribution in [3.8, 4) is 0 Å². The molecule has 11 heavy (non-hydrogen) atoms. The van der Waals surface area contributed by atoms with Crippen molar-refractivity contribution in [1.82, 2.24) is 0 Å². The second-order valence-electron chi connectivity index (χ2n) is 1.78. The van der Waals surface area contributed by atoms with Crippen LogP contribution in [-0.4, -0.2) is 21.9 Å². The van der Waals surface area contributed by atoms with E-state index in [2.05, 4.69) is 13.2 Å². The van der Waals surface area contributed by atoms with Crippen molar-refractivity contribution in [3.05, 3.63) is 24.0 Å². The van der Waals surface area contributed by atoms with Gasteiger partial charge in [0.15, 0.2) is 24.8 Å². The molecular weight excluding hydrogens is 188 g/mol. The molecule has 6 heteroatoms. The Bertz CT molecular complexity index is 310. The van der Waals surface area contributed by atoms with Crippen LogP contribution in [0.3, 0.4) is 0 Å². The molecule has 0 aliphatic rings. The molecule has 0 bridgehead atoms. The molecule has 0 atom stereocenters. The highest BCUT2D eigenvalue weighted by molar-refractivity contribution is 8.10. The second-order valence-corrected chi connectivity index (χ2v) is 6.04. The smallest absolute Gasteiger partial charge is 0.185 e. The van der Waals surface area contributed by atoms with Gasteiger partial charge in [-0.1, -0.05) is 13.2 Å². The van der Waals surface area contributed by atoms with E-state index >= 15 is 0 Å². The largest absolute Gasteiger partial charge is 0.223 e. The highest BCUT2D eigenvalue weighted by Gasteiger charge is 2.15. The van der Waals surface area contributed by atoms with Crippen LogP contribution in [0.25, 0.3) is 0 Å². The molecule has 0 N–H and O–H groups in total. The topological polar surface area (TPSA) is 68.3 Å². The number of hydrogen-bond donors (Lipinski definition) is 0. The van der Waals surface area contributed by atoms with Crippen LogP contribution in [0.2, 0.25) is 0 Å². The summed E-state index contributed by atoms with van der Waals surface area (Å²) in [6.45, 7) is 5.93. The molecular formula is C5H8O4S2. The third kappa shape index (κ3) is 3.94. The van der Waals surface area contributed by atoms with Gasteiger partial charge in [0.25, 0.3) is 0 Å². The number of sulfone groups is 2. The molecule has 0 aromatic carbocycles. The lowest BCUT2D eigenvalue weighted by Crippen LogP contribution is -2.11. The minimum Gasteiger partial charge on any atom is -0.223 e. The zero-order valence-electron chi connectivity index (χ0n) is 5.73. The zero-order chi connectivity index (χ0) is 9.12. The molecule has 0 unspecified atom stereocenters. The molecule has 0 saturated heterocycles. The van der Waals surface area contributed by atoms with Crippen molar-refractivity contribution in [2.75, 3.05) is 5.08 Å². The first kappa shape index (κ1) is 10.4. The maximum atomic E-state index is 10.6. The molecule has 0 aromatic rings. The maximum absolute atomic E-state index is 10.6. The minimum atomic E-state index is -3.68. The van der Waals surface area contributed by atoms with E-state index in [-0.39, 0.29) is 0 Å². The average molecular weight is 196 g/mol. The first-order chi connectivity index (χ1) is 4.83. The van der Waals surface area contributed by atoms with Gasteiger partial charge in [-0.15, -0.1) is 0 Å². The first-order valence-electron chi connectivity index (χ1n) is 2.53. The fourth-order valence-electron chi connectivity index (χ4n) is 0.325. The average Bonchev–Trinajstić information content (AvgIpc) is 1.86. The van der Waals surface area contributed by atoms with Crippen molar-refractivity contribution in [2.45, 2.75) is 0 Å². The standard InChI is InChI=1S/C5H8O4S2/c1-3-10(6,7)5-11(8,9)4-2/h3-4H,1-2,5H2. The lowest BCUT2D eigenvalue weighted by atomic mass is 11.3. The summed E-state index contributed by atoms with van der Waals surface area (Å²) in [7, 11) is -7.37. The number of hydrogen-bond acceptors (Lipinski definition) is 4. The maximum Gasteiger partial charge on any atom is 0.185 e. The summed E-state index contributed by atoms with van der Waals surface area (Å²) in [4.78, 5) is 0. The SMILES string of the molecule is C=CS(=O)(=O)CS(=O)(=O)C=C. The van der Waals surface area contributed by atoms with E-state index in [1.54, 1.807) is 0 Å². The number of rotatable bonds is 4. The van der Waals surface area contributed by atoms with Gasteiger partial charge in [0.05, 0.1) is 0 Å². The quantitative estimate of drug-likeness (QED) is 0.637. The molecule has 0 spiro atoms. The normalized spacial score (nSPS) is 12.4. The van der Waals surface area contributed by atoms with E-state index in [0.717, 1.165) is 0 Å². The molecule has 0 amide bonds. The predicted molar refractivity (Wildman–Crippen MR) is 43.1 cm³/mol. The van der Waals surface area contributed by atoms with E-state index in [1.165, 1.54) is 0 Å². The highest BCUT2D eigenvalue weighted by atomic mass is 32.3. The van der Waals surface area contributed by atoms with Crippen LogP contribution in [0.15, 0.2) is 24.0 Å². The van der Waals surface area contributed by atoms with Crippen LogP contribution in [-0.2, 0) is 19.7 Å². The van der Waals surface area contributed by atoms with Crippen LogP contribution in [0.5, 0.6) is 0 Å². The third-order valence-electron chi connectivity index (χ3n) is 0.836. The van der Waals surface area contributed by atoms with E-state index in [9.17, 15) is 16.8 Å². The van der Waals surface area contributed by atoms with E-state index in [1.807, 2.05) is 0 Å². The first-order valence-corrected chi connectivity index (χ1v) is 5.96. The molecule has 0 aliphatic heterocycles. The van der Waals surface area contributed by atoms with Crippen LogP contribution in [0, 0.1) is 0 Å². The molecule has 0 rings (SSSR count). The molecule has 0 aromatic heterocycles. The van der Waals surface area contributed by atoms with Gasteiger partial charge in [0.1, 0.15) is 0 Å². The summed E-state index contributed by atoms with van der Waals surface area (Å²) >= 11 is 0. The lowest BCUT2D eigenvalue weighted by Gasteiger charge is -1.94. The fraction of sp³-hybridized carbons (Fsp3) is 0.200. The molecule has 0 aliphatic carbocycles. The third-order valence-corrected chi connectivity index (χ3v) is 4.48. The Morgan fingerprint density at radius 2 is 1.18 bits per heavy atom. The van der Waals surface area contributed by atoms with Crippen LogP contribution in [0.4, 0.5) is 0 Å². The van der Waals surface area contributed by atoms with Gasteiger partial charge >= 0.3 is 0 Å². The van der Waals surface area contributed by atoms with Crippen molar-refractivity contribution < 1.29 is 16.8 Å². The molecule has 0 heterocycles. The summed E-state index contributed by atoms with van der Waals surface area (Å²) in [5.41, 5.74) is 0. The van der Waals surface area contributed by atoms with Crippen LogP contribution >= 0.6 is 0 Å². The summed E-state index contributed by atoms with van der Waals surface area (Å²) < 4.78 is 42.5. The van der Waals surface area contributed by atoms with E-state index < -0.39 is 24.8 Å². The molecule has 0 saturated carbocycles. The molecule has 64 valence electrons. The summed E-state index contributed by atoms with van der Waals surface area (Å²) in [5, 5.41) is 0.259.